The summed E-state index contributed by atoms with van der Waals surface area (Å²) in [5, 5.41) is 2.48. The Labute approximate surface area is 116 Å². The zero-order chi connectivity index (χ0) is 14.4. The highest BCUT2D eigenvalue weighted by atomic mass is 19.1. The molecule has 0 radical (unpaired) electrons. The van der Waals surface area contributed by atoms with Crippen LogP contribution in [0.3, 0.4) is 0 Å². The quantitative estimate of drug-likeness (QED) is 0.864. The fourth-order valence-corrected chi connectivity index (χ4v) is 1.65. The summed E-state index contributed by atoms with van der Waals surface area (Å²) in [6.07, 6.45) is 2.99. The molecular formula is C16H14FNO2. The van der Waals surface area contributed by atoms with Crippen LogP contribution < -0.4 is 10.1 Å². The Hall–Kier alpha value is -2.62. The summed E-state index contributed by atoms with van der Waals surface area (Å²) in [7, 11) is 1.58. The van der Waals surface area contributed by atoms with E-state index in [-0.39, 0.29) is 5.69 Å². The molecule has 0 fully saturated rings. The van der Waals surface area contributed by atoms with Gasteiger partial charge in [-0.15, -0.1) is 0 Å². The zero-order valence-corrected chi connectivity index (χ0v) is 11.0. The van der Waals surface area contributed by atoms with Crippen LogP contribution in [-0.2, 0) is 4.79 Å². The van der Waals surface area contributed by atoms with Crippen molar-refractivity contribution in [3.05, 3.63) is 66.0 Å². The zero-order valence-electron chi connectivity index (χ0n) is 11.0. The Morgan fingerprint density at radius 1 is 1.20 bits per heavy atom. The van der Waals surface area contributed by atoms with Crippen molar-refractivity contribution in [3.8, 4) is 5.75 Å². The summed E-state index contributed by atoms with van der Waals surface area (Å²) in [6.45, 7) is 0. The molecule has 0 aliphatic heterocycles. The van der Waals surface area contributed by atoms with E-state index in [4.69, 9.17) is 4.74 Å². The van der Waals surface area contributed by atoms with E-state index in [0.717, 1.165) is 5.56 Å². The Bertz CT molecular complexity index is 638. The molecule has 1 amide bonds. The number of anilines is 1. The lowest BCUT2D eigenvalue weighted by atomic mass is 10.2. The van der Waals surface area contributed by atoms with Crippen LogP contribution in [0.2, 0.25) is 0 Å². The first kappa shape index (κ1) is 13.8. The molecule has 0 aliphatic carbocycles. The van der Waals surface area contributed by atoms with Crippen LogP contribution >= 0.6 is 0 Å². The van der Waals surface area contributed by atoms with Gasteiger partial charge in [-0.2, -0.15) is 0 Å². The normalized spacial score (nSPS) is 10.5. The predicted molar refractivity (Wildman–Crippen MR) is 77.1 cm³/mol. The molecule has 2 aromatic rings. The number of para-hydroxylation sites is 1. The van der Waals surface area contributed by atoms with Crippen molar-refractivity contribution in [2.24, 2.45) is 0 Å². The Balaban J connectivity index is 2.04. The number of rotatable bonds is 4. The Morgan fingerprint density at radius 2 is 2.00 bits per heavy atom. The summed E-state index contributed by atoms with van der Waals surface area (Å²) < 4.78 is 18.4. The number of hydrogen-bond acceptors (Lipinski definition) is 2. The molecule has 1 N–H and O–H groups in total. The second-order valence-electron chi connectivity index (χ2n) is 4.08. The Morgan fingerprint density at radius 3 is 2.75 bits per heavy atom. The maximum absolute atomic E-state index is 13.4. The number of ether oxygens (including phenoxy) is 1. The van der Waals surface area contributed by atoms with Gasteiger partial charge in [0.25, 0.3) is 0 Å². The number of carbonyl (C=O) groups is 1. The number of methoxy groups -OCH3 is 1. The van der Waals surface area contributed by atoms with E-state index in [9.17, 15) is 9.18 Å². The fraction of sp³-hybridized carbons (Fsp3) is 0.0625. The highest BCUT2D eigenvalue weighted by molar-refractivity contribution is 6.02. The van der Waals surface area contributed by atoms with Crippen molar-refractivity contribution in [2.45, 2.75) is 0 Å². The molecule has 0 atom stereocenters. The third-order valence-electron chi connectivity index (χ3n) is 2.65. The number of benzene rings is 2. The lowest BCUT2D eigenvalue weighted by Crippen LogP contribution is -2.08. The van der Waals surface area contributed by atoms with Gasteiger partial charge in [0.1, 0.15) is 11.6 Å². The van der Waals surface area contributed by atoms with Gasteiger partial charge in [0.05, 0.1) is 12.8 Å². The van der Waals surface area contributed by atoms with Gasteiger partial charge in [0.2, 0.25) is 5.91 Å². The van der Waals surface area contributed by atoms with E-state index in [0.29, 0.717) is 5.75 Å². The molecule has 3 nitrogen and oxygen atoms in total. The van der Waals surface area contributed by atoms with Crippen molar-refractivity contribution in [1.29, 1.82) is 0 Å². The summed E-state index contributed by atoms with van der Waals surface area (Å²) in [6, 6.07) is 13.3. The van der Waals surface area contributed by atoms with Gasteiger partial charge in [-0.1, -0.05) is 24.3 Å². The second-order valence-corrected chi connectivity index (χ2v) is 4.08. The molecule has 0 aliphatic rings. The van der Waals surface area contributed by atoms with Gasteiger partial charge in [-0.25, -0.2) is 4.39 Å². The largest absolute Gasteiger partial charge is 0.497 e. The first-order chi connectivity index (χ1) is 9.69. The third-order valence-corrected chi connectivity index (χ3v) is 2.65. The second kappa shape index (κ2) is 6.52. The molecule has 0 saturated carbocycles. The van der Waals surface area contributed by atoms with Crippen LogP contribution in [0.5, 0.6) is 5.75 Å². The first-order valence-electron chi connectivity index (χ1n) is 6.06. The average Bonchev–Trinajstić information content (AvgIpc) is 2.48. The lowest BCUT2D eigenvalue weighted by molar-refractivity contribution is -0.111. The number of halogens is 1. The van der Waals surface area contributed by atoms with E-state index in [1.165, 1.54) is 18.2 Å². The average molecular weight is 271 g/mol. The Kier molecular flexibility index (Phi) is 4.50. The van der Waals surface area contributed by atoms with E-state index in [2.05, 4.69) is 5.32 Å². The first-order valence-corrected chi connectivity index (χ1v) is 6.06. The molecular weight excluding hydrogens is 257 g/mol. The van der Waals surface area contributed by atoms with Crippen LogP contribution in [0, 0.1) is 5.82 Å². The van der Waals surface area contributed by atoms with Crippen molar-refractivity contribution >= 4 is 17.7 Å². The van der Waals surface area contributed by atoms with Crippen LogP contribution in [-0.4, -0.2) is 13.0 Å². The molecule has 2 aromatic carbocycles. The third kappa shape index (κ3) is 3.68. The van der Waals surface area contributed by atoms with Crippen molar-refractivity contribution in [3.63, 3.8) is 0 Å². The van der Waals surface area contributed by atoms with E-state index < -0.39 is 11.7 Å². The summed E-state index contributed by atoms with van der Waals surface area (Å²) in [5.41, 5.74) is 0.987. The van der Waals surface area contributed by atoms with Gasteiger partial charge in [-0.05, 0) is 35.9 Å². The highest BCUT2D eigenvalue weighted by Crippen LogP contribution is 2.15. The highest BCUT2D eigenvalue weighted by Gasteiger charge is 2.02. The maximum Gasteiger partial charge on any atom is 0.248 e. The summed E-state index contributed by atoms with van der Waals surface area (Å²) in [5.74, 6) is -0.143. The van der Waals surface area contributed by atoms with Crippen LogP contribution in [0.15, 0.2) is 54.6 Å². The standard InChI is InChI=1S/C16H14FNO2/c1-20-13-6-4-5-12(11-13)9-10-16(19)18-15-8-3-2-7-14(15)17/h2-11H,1H3,(H,18,19)/b10-9+. The predicted octanol–water partition coefficient (Wildman–Crippen LogP) is 3.49. The topological polar surface area (TPSA) is 38.3 Å². The molecule has 0 heterocycles. The van der Waals surface area contributed by atoms with E-state index in [1.54, 1.807) is 31.4 Å². The van der Waals surface area contributed by atoms with Crippen molar-refractivity contribution < 1.29 is 13.9 Å². The minimum absolute atomic E-state index is 0.160. The van der Waals surface area contributed by atoms with E-state index >= 15 is 0 Å². The minimum Gasteiger partial charge on any atom is -0.497 e. The molecule has 0 aromatic heterocycles. The maximum atomic E-state index is 13.4. The number of hydrogen-bond donors (Lipinski definition) is 1. The number of amides is 1. The molecule has 2 rings (SSSR count). The number of carbonyl (C=O) groups excluding carboxylic acids is 1. The smallest absolute Gasteiger partial charge is 0.248 e. The SMILES string of the molecule is COc1cccc(/C=C/C(=O)Nc2ccccc2F)c1. The molecule has 20 heavy (non-hydrogen) atoms. The fourth-order valence-electron chi connectivity index (χ4n) is 1.65. The monoisotopic (exact) mass is 271 g/mol. The van der Waals surface area contributed by atoms with Gasteiger partial charge in [0, 0.05) is 6.08 Å². The van der Waals surface area contributed by atoms with Crippen molar-refractivity contribution in [1.82, 2.24) is 0 Å². The minimum atomic E-state index is -0.462. The molecule has 0 spiro atoms. The van der Waals surface area contributed by atoms with Gasteiger partial charge in [-0.3, -0.25) is 4.79 Å². The lowest BCUT2D eigenvalue weighted by Gasteiger charge is -2.03. The molecule has 0 saturated heterocycles. The summed E-state index contributed by atoms with van der Waals surface area (Å²) in [4.78, 5) is 11.7. The van der Waals surface area contributed by atoms with Crippen LogP contribution in [0.4, 0.5) is 10.1 Å². The molecule has 0 bridgehead atoms. The van der Waals surface area contributed by atoms with E-state index in [1.807, 2.05) is 18.2 Å². The molecule has 0 unspecified atom stereocenters. The van der Waals surface area contributed by atoms with Gasteiger partial charge in [0.15, 0.2) is 0 Å². The van der Waals surface area contributed by atoms with Gasteiger partial charge < -0.3 is 10.1 Å². The van der Waals surface area contributed by atoms with Crippen LogP contribution in [0.1, 0.15) is 5.56 Å². The van der Waals surface area contributed by atoms with Crippen molar-refractivity contribution in [2.75, 3.05) is 12.4 Å². The summed E-state index contributed by atoms with van der Waals surface area (Å²) >= 11 is 0. The van der Waals surface area contributed by atoms with Crippen LogP contribution in [0.25, 0.3) is 6.08 Å². The van der Waals surface area contributed by atoms with Gasteiger partial charge >= 0.3 is 0 Å². The number of nitrogens with one attached hydrogen (secondary N) is 1. The molecule has 4 heteroatoms. The molecule has 102 valence electrons.